The fourth-order valence-electron chi connectivity index (χ4n) is 2.65. The molecule has 1 heterocycles. The van der Waals surface area contributed by atoms with Crippen LogP contribution in [0.15, 0.2) is 30.3 Å². The van der Waals surface area contributed by atoms with Crippen LogP contribution in [0.4, 0.5) is 4.79 Å². The van der Waals surface area contributed by atoms with Crippen LogP contribution in [0.3, 0.4) is 0 Å². The van der Waals surface area contributed by atoms with Crippen molar-refractivity contribution in [1.29, 1.82) is 0 Å². The summed E-state index contributed by atoms with van der Waals surface area (Å²) in [5.74, 6) is -0.929. The van der Waals surface area contributed by atoms with Crippen molar-refractivity contribution in [2.24, 2.45) is 0 Å². The molecule has 2 rings (SSSR count). The molecule has 0 aliphatic carbocycles. The Morgan fingerprint density at radius 3 is 2.65 bits per heavy atom. The van der Waals surface area contributed by atoms with Crippen LogP contribution in [-0.2, 0) is 20.9 Å². The molecule has 1 aliphatic rings. The fourth-order valence-corrected chi connectivity index (χ4v) is 2.65. The second-order valence-corrected chi connectivity index (χ2v) is 5.40. The topological polar surface area (TPSA) is 96.3 Å². The molecule has 1 fully saturated rings. The van der Waals surface area contributed by atoms with Crippen LogP contribution < -0.4 is 0 Å². The SMILES string of the molecule is COC(=O)[C@@H](O)[C@@H](O)[C@@H]1CCCN1C(=O)OCc1ccccc1. The number of methoxy groups -OCH3 is 1. The molecule has 0 spiro atoms. The summed E-state index contributed by atoms with van der Waals surface area (Å²) in [7, 11) is 1.12. The molecule has 1 aromatic rings. The summed E-state index contributed by atoms with van der Waals surface area (Å²) in [6.07, 6.45) is -2.53. The van der Waals surface area contributed by atoms with Gasteiger partial charge in [-0.2, -0.15) is 0 Å². The van der Waals surface area contributed by atoms with Gasteiger partial charge in [0.05, 0.1) is 13.2 Å². The lowest BCUT2D eigenvalue weighted by atomic mass is 10.0. The first kappa shape index (κ1) is 17.2. The zero-order chi connectivity index (χ0) is 16.8. The molecule has 23 heavy (non-hydrogen) atoms. The molecular formula is C16H21NO6. The number of likely N-dealkylation sites (tertiary alicyclic amines) is 1. The van der Waals surface area contributed by atoms with Crippen LogP contribution in [0.25, 0.3) is 0 Å². The van der Waals surface area contributed by atoms with Crippen LogP contribution >= 0.6 is 0 Å². The number of aliphatic hydroxyl groups excluding tert-OH is 2. The molecule has 3 atom stereocenters. The number of esters is 1. The maximum Gasteiger partial charge on any atom is 0.410 e. The lowest BCUT2D eigenvalue weighted by Crippen LogP contribution is -2.50. The van der Waals surface area contributed by atoms with Crippen LogP contribution in [-0.4, -0.2) is 59.1 Å². The van der Waals surface area contributed by atoms with Crippen molar-refractivity contribution in [1.82, 2.24) is 4.90 Å². The number of nitrogens with zero attached hydrogens (tertiary/aromatic N) is 1. The van der Waals surface area contributed by atoms with Gasteiger partial charge >= 0.3 is 12.1 Å². The third-order valence-corrected chi connectivity index (χ3v) is 3.90. The summed E-state index contributed by atoms with van der Waals surface area (Å²) < 4.78 is 9.65. The highest BCUT2D eigenvalue weighted by atomic mass is 16.6. The second kappa shape index (κ2) is 7.94. The molecule has 1 aliphatic heterocycles. The van der Waals surface area contributed by atoms with Crippen LogP contribution in [0, 0.1) is 0 Å². The van der Waals surface area contributed by atoms with E-state index in [4.69, 9.17) is 4.74 Å². The number of ether oxygens (including phenoxy) is 2. The summed E-state index contributed by atoms with van der Waals surface area (Å²) in [5, 5.41) is 19.9. The second-order valence-electron chi connectivity index (χ2n) is 5.40. The standard InChI is InChI=1S/C16H21NO6/c1-22-15(20)14(19)13(18)12-8-5-9-17(12)16(21)23-10-11-6-3-2-4-7-11/h2-4,6-7,12-14,18-19H,5,8-10H2,1H3/t12-,13-,14-/m0/s1. The lowest BCUT2D eigenvalue weighted by molar-refractivity contribution is -0.158. The van der Waals surface area contributed by atoms with Crippen molar-refractivity contribution in [3.8, 4) is 0 Å². The molecule has 0 saturated carbocycles. The summed E-state index contributed by atoms with van der Waals surface area (Å²) in [4.78, 5) is 24.9. The molecule has 0 bridgehead atoms. The maximum atomic E-state index is 12.2. The zero-order valence-electron chi connectivity index (χ0n) is 12.9. The van der Waals surface area contributed by atoms with Crippen molar-refractivity contribution in [2.45, 2.75) is 37.7 Å². The normalized spacial score (nSPS) is 20.0. The number of hydrogen-bond donors (Lipinski definition) is 2. The third-order valence-electron chi connectivity index (χ3n) is 3.90. The van der Waals surface area contributed by atoms with E-state index in [9.17, 15) is 19.8 Å². The molecular weight excluding hydrogens is 302 g/mol. The first-order valence-corrected chi connectivity index (χ1v) is 7.46. The van der Waals surface area contributed by atoms with E-state index >= 15 is 0 Å². The molecule has 2 N–H and O–H groups in total. The van der Waals surface area contributed by atoms with E-state index < -0.39 is 30.3 Å². The highest BCUT2D eigenvalue weighted by Crippen LogP contribution is 2.23. The number of benzene rings is 1. The number of amides is 1. The van der Waals surface area contributed by atoms with Gasteiger partial charge < -0.3 is 24.6 Å². The minimum atomic E-state index is -1.69. The largest absolute Gasteiger partial charge is 0.467 e. The van der Waals surface area contributed by atoms with Gasteiger partial charge in [-0.1, -0.05) is 30.3 Å². The first-order valence-electron chi connectivity index (χ1n) is 7.46. The van der Waals surface area contributed by atoms with Crippen molar-refractivity contribution in [3.63, 3.8) is 0 Å². The van der Waals surface area contributed by atoms with E-state index in [1.165, 1.54) is 4.90 Å². The number of hydrogen-bond acceptors (Lipinski definition) is 6. The van der Waals surface area contributed by atoms with Gasteiger partial charge in [0.25, 0.3) is 0 Å². The van der Waals surface area contributed by atoms with Crippen LogP contribution in [0.1, 0.15) is 18.4 Å². The minimum Gasteiger partial charge on any atom is -0.467 e. The summed E-state index contributed by atoms with van der Waals surface area (Å²) in [6.45, 7) is 0.530. The Kier molecular flexibility index (Phi) is 5.95. The molecule has 126 valence electrons. The third kappa shape index (κ3) is 4.20. The van der Waals surface area contributed by atoms with Gasteiger partial charge in [0.15, 0.2) is 6.10 Å². The van der Waals surface area contributed by atoms with E-state index in [1.807, 2.05) is 30.3 Å². The number of carbonyl (C=O) groups excluding carboxylic acids is 2. The molecule has 1 aromatic carbocycles. The minimum absolute atomic E-state index is 0.124. The molecule has 0 radical (unpaired) electrons. The Balaban J connectivity index is 1.95. The van der Waals surface area contributed by atoms with E-state index in [-0.39, 0.29) is 6.61 Å². The fraction of sp³-hybridized carbons (Fsp3) is 0.500. The van der Waals surface area contributed by atoms with Gasteiger partial charge in [-0.3, -0.25) is 0 Å². The van der Waals surface area contributed by atoms with Crippen molar-refractivity contribution >= 4 is 12.1 Å². The Morgan fingerprint density at radius 2 is 2.00 bits per heavy atom. The van der Waals surface area contributed by atoms with Gasteiger partial charge in [0.1, 0.15) is 12.7 Å². The summed E-state index contributed by atoms with van der Waals surface area (Å²) in [6, 6.07) is 8.56. The average Bonchev–Trinajstić information content (AvgIpc) is 3.08. The highest BCUT2D eigenvalue weighted by molar-refractivity contribution is 5.75. The van der Waals surface area contributed by atoms with Gasteiger partial charge in [-0.15, -0.1) is 0 Å². The smallest absolute Gasteiger partial charge is 0.410 e. The van der Waals surface area contributed by atoms with Crippen molar-refractivity contribution in [2.75, 3.05) is 13.7 Å². The average molecular weight is 323 g/mol. The van der Waals surface area contributed by atoms with Gasteiger partial charge in [0, 0.05) is 6.54 Å². The number of aliphatic hydroxyl groups is 2. The summed E-state index contributed by atoms with van der Waals surface area (Å²) >= 11 is 0. The Bertz CT molecular complexity index is 535. The van der Waals surface area contributed by atoms with Gasteiger partial charge in [-0.25, -0.2) is 9.59 Å². The molecule has 1 amide bonds. The van der Waals surface area contributed by atoms with Crippen LogP contribution in [0.5, 0.6) is 0 Å². The monoisotopic (exact) mass is 323 g/mol. The lowest BCUT2D eigenvalue weighted by Gasteiger charge is -2.29. The molecule has 7 heteroatoms. The van der Waals surface area contributed by atoms with Gasteiger partial charge in [0.2, 0.25) is 0 Å². The highest BCUT2D eigenvalue weighted by Gasteiger charge is 2.40. The Hall–Kier alpha value is -2.12. The van der Waals surface area contributed by atoms with Gasteiger partial charge in [-0.05, 0) is 18.4 Å². The Morgan fingerprint density at radius 1 is 1.30 bits per heavy atom. The first-order chi connectivity index (χ1) is 11.0. The maximum absolute atomic E-state index is 12.2. The van der Waals surface area contributed by atoms with Crippen molar-refractivity contribution in [3.05, 3.63) is 35.9 Å². The predicted octanol–water partition coefficient (Wildman–Crippen LogP) is 0.682. The number of carbonyl (C=O) groups is 2. The quantitative estimate of drug-likeness (QED) is 0.774. The predicted molar refractivity (Wildman–Crippen MR) is 80.4 cm³/mol. The summed E-state index contributed by atoms with van der Waals surface area (Å²) in [5.41, 5.74) is 0.853. The molecule has 0 aromatic heterocycles. The van der Waals surface area contributed by atoms with E-state index in [2.05, 4.69) is 4.74 Å². The van der Waals surface area contributed by atoms with E-state index in [0.29, 0.717) is 19.4 Å². The van der Waals surface area contributed by atoms with Crippen LogP contribution in [0.2, 0.25) is 0 Å². The molecule has 7 nitrogen and oxygen atoms in total. The Labute approximate surface area is 134 Å². The van der Waals surface area contributed by atoms with E-state index in [0.717, 1.165) is 12.7 Å². The molecule has 0 unspecified atom stereocenters. The zero-order valence-corrected chi connectivity index (χ0v) is 12.9. The molecule has 1 saturated heterocycles. The number of rotatable bonds is 5. The van der Waals surface area contributed by atoms with Crippen molar-refractivity contribution < 1.29 is 29.3 Å². The van der Waals surface area contributed by atoms with E-state index in [1.54, 1.807) is 0 Å².